The number of carbonyl (C=O) groups is 3. The van der Waals surface area contributed by atoms with Crippen LogP contribution in [0.2, 0.25) is 0 Å². The Hall–Kier alpha value is -3.68. The summed E-state index contributed by atoms with van der Waals surface area (Å²) in [4.78, 5) is 39.4. The van der Waals surface area contributed by atoms with Gasteiger partial charge in [0.05, 0.1) is 0 Å². The van der Waals surface area contributed by atoms with Crippen molar-refractivity contribution in [1.29, 1.82) is 0 Å². The van der Waals surface area contributed by atoms with E-state index in [0.29, 0.717) is 24.2 Å². The summed E-state index contributed by atoms with van der Waals surface area (Å²) < 4.78 is 15.9. The number of fused-ring (bicyclic) bond motifs is 1. The normalized spacial score (nSPS) is 21.0. The minimum absolute atomic E-state index is 0.0579. The zero-order chi connectivity index (χ0) is 24.9. The highest BCUT2D eigenvalue weighted by molar-refractivity contribution is 6.07. The summed E-state index contributed by atoms with van der Waals surface area (Å²) in [6.45, 7) is 4.98. The summed E-state index contributed by atoms with van der Waals surface area (Å²) in [6.07, 6.45) is 3.69. The molecule has 182 valence electrons. The molecule has 2 fully saturated rings. The van der Waals surface area contributed by atoms with Crippen LogP contribution >= 0.6 is 0 Å². The van der Waals surface area contributed by atoms with Crippen LogP contribution in [0.1, 0.15) is 54.1 Å². The number of halogens is 1. The number of urea groups is 1. The lowest BCUT2D eigenvalue weighted by Crippen LogP contribution is -2.48. The van der Waals surface area contributed by atoms with E-state index >= 15 is 0 Å². The molecule has 0 radical (unpaired) electrons. The van der Waals surface area contributed by atoms with E-state index in [1.165, 1.54) is 6.07 Å². The number of aryl methyl sites for hydroxylation is 1. The second kappa shape index (κ2) is 8.52. The van der Waals surface area contributed by atoms with Crippen molar-refractivity contribution in [3.05, 3.63) is 71.2 Å². The molecule has 3 aromatic rings. The Kier molecular flexibility index (Phi) is 5.62. The molecule has 0 bridgehead atoms. The molecule has 8 heteroatoms. The first-order valence-electron chi connectivity index (χ1n) is 12.0. The van der Waals surface area contributed by atoms with Gasteiger partial charge in [-0.25, -0.2) is 9.18 Å². The highest BCUT2D eigenvalue weighted by atomic mass is 19.1. The Morgan fingerprint density at radius 1 is 1.09 bits per heavy atom. The van der Waals surface area contributed by atoms with Gasteiger partial charge in [0.25, 0.3) is 11.8 Å². The van der Waals surface area contributed by atoms with Crippen molar-refractivity contribution >= 4 is 28.7 Å². The number of amides is 4. The largest absolute Gasteiger partial charge is 0.350 e. The van der Waals surface area contributed by atoms with Gasteiger partial charge < -0.3 is 14.8 Å². The van der Waals surface area contributed by atoms with Crippen LogP contribution in [0.25, 0.3) is 10.9 Å². The number of hydrogen-bond acceptors (Lipinski definition) is 3. The predicted octanol–water partition coefficient (Wildman–Crippen LogP) is 4.03. The van der Waals surface area contributed by atoms with Crippen LogP contribution in [0.5, 0.6) is 0 Å². The van der Waals surface area contributed by atoms with Gasteiger partial charge in [-0.3, -0.25) is 14.9 Å². The number of likely N-dealkylation sites (tertiary alicyclic amines) is 1. The second-order valence-corrected chi connectivity index (χ2v) is 9.87. The minimum Gasteiger partial charge on any atom is -0.350 e. The van der Waals surface area contributed by atoms with Crippen molar-refractivity contribution in [3.63, 3.8) is 0 Å². The topological polar surface area (TPSA) is 83.4 Å². The van der Waals surface area contributed by atoms with Crippen LogP contribution in [-0.4, -0.2) is 40.4 Å². The summed E-state index contributed by atoms with van der Waals surface area (Å²) in [5, 5.41) is 6.03. The van der Waals surface area contributed by atoms with E-state index in [-0.39, 0.29) is 29.5 Å². The van der Waals surface area contributed by atoms with Crippen molar-refractivity contribution in [2.24, 2.45) is 13.0 Å². The van der Waals surface area contributed by atoms with Crippen LogP contribution in [-0.2, 0) is 17.4 Å². The first-order chi connectivity index (χ1) is 16.7. The van der Waals surface area contributed by atoms with E-state index in [1.54, 1.807) is 36.4 Å². The molecule has 1 unspecified atom stereocenters. The molecule has 4 amide bonds. The molecule has 0 aliphatic carbocycles. The highest BCUT2D eigenvalue weighted by Crippen LogP contribution is 2.36. The molecular weight excluding hydrogens is 447 g/mol. The van der Waals surface area contributed by atoms with E-state index in [1.807, 2.05) is 30.4 Å². The highest BCUT2D eigenvalue weighted by Gasteiger charge is 2.50. The third-order valence-electron chi connectivity index (χ3n) is 7.55. The third kappa shape index (κ3) is 3.77. The van der Waals surface area contributed by atoms with E-state index in [9.17, 15) is 18.8 Å². The molecule has 2 saturated heterocycles. The fourth-order valence-corrected chi connectivity index (χ4v) is 5.58. The Morgan fingerprint density at radius 2 is 1.77 bits per heavy atom. The number of benzene rings is 2. The van der Waals surface area contributed by atoms with Crippen LogP contribution in [0, 0.1) is 11.7 Å². The molecule has 2 N–H and O–H groups in total. The minimum atomic E-state index is -1.14. The van der Waals surface area contributed by atoms with E-state index in [0.717, 1.165) is 29.3 Å². The van der Waals surface area contributed by atoms with Crippen molar-refractivity contribution in [3.8, 4) is 0 Å². The summed E-state index contributed by atoms with van der Waals surface area (Å²) in [5.74, 6) is -0.585. The van der Waals surface area contributed by atoms with E-state index in [4.69, 9.17) is 0 Å². The summed E-state index contributed by atoms with van der Waals surface area (Å²) in [7, 11) is 1.97. The average molecular weight is 477 g/mol. The molecule has 7 nitrogen and oxygen atoms in total. The number of nitrogens with one attached hydrogen (secondary N) is 2. The number of nitrogens with zero attached hydrogens (tertiary/aromatic N) is 2. The summed E-state index contributed by atoms with van der Waals surface area (Å²) >= 11 is 0. The van der Waals surface area contributed by atoms with Gasteiger partial charge in [0.15, 0.2) is 0 Å². The van der Waals surface area contributed by atoms with Crippen molar-refractivity contribution in [2.75, 3.05) is 13.1 Å². The van der Waals surface area contributed by atoms with Crippen molar-refractivity contribution in [1.82, 2.24) is 20.1 Å². The van der Waals surface area contributed by atoms with Crippen LogP contribution < -0.4 is 10.6 Å². The molecule has 35 heavy (non-hydrogen) atoms. The SMILES string of the molecule is CC(C)C1(c2ccc(C(=O)N3CCC(c4cn(C)c5ccc(F)cc45)CC3)cc2)NC(=O)NC1=O. The van der Waals surface area contributed by atoms with E-state index < -0.39 is 11.6 Å². The van der Waals surface area contributed by atoms with Crippen LogP contribution in [0.15, 0.2) is 48.7 Å². The maximum atomic E-state index is 13.9. The van der Waals surface area contributed by atoms with Gasteiger partial charge in [-0.2, -0.15) is 0 Å². The van der Waals surface area contributed by atoms with Gasteiger partial charge in [-0.15, -0.1) is 0 Å². The van der Waals surface area contributed by atoms with Crippen molar-refractivity contribution < 1.29 is 18.8 Å². The number of piperidine rings is 1. The second-order valence-electron chi connectivity index (χ2n) is 9.87. The molecule has 0 saturated carbocycles. The number of rotatable bonds is 4. The van der Waals surface area contributed by atoms with Crippen LogP contribution in [0.4, 0.5) is 9.18 Å². The molecular formula is C27H29FN4O3. The lowest BCUT2D eigenvalue weighted by atomic mass is 9.79. The van der Waals surface area contributed by atoms with Gasteiger partial charge in [-0.1, -0.05) is 26.0 Å². The fraction of sp³-hybridized carbons (Fsp3) is 0.370. The predicted molar refractivity (Wildman–Crippen MR) is 130 cm³/mol. The Morgan fingerprint density at radius 3 is 2.37 bits per heavy atom. The molecule has 1 aromatic heterocycles. The van der Waals surface area contributed by atoms with Gasteiger partial charge in [-0.05, 0) is 66.1 Å². The molecule has 0 spiro atoms. The lowest BCUT2D eigenvalue weighted by molar-refractivity contribution is -0.125. The average Bonchev–Trinajstić information content (AvgIpc) is 3.34. The zero-order valence-electron chi connectivity index (χ0n) is 20.1. The molecule has 2 aliphatic rings. The third-order valence-corrected chi connectivity index (χ3v) is 7.55. The molecule has 5 rings (SSSR count). The number of imide groups is 1. The summed E-state index contributed by atoms with van der Waals surface area (Å²) in [6, 6.07) is 11.3. The Bertz CT molecular complexity index is 1320. The first-order valence-corrected chi connectivity index (χ1v) is 12.0. The monoisotopic (exact) mass is 476 g/mol. The number of hydrogen-bond donors (Lipinski definition) is 2. The maximum Gasteiger partial charge on any atom is 0.322 e. The maximum absolute atomic E-state index is 13.9. The Labute approximate surface area is 203 Å². The fourth-order valence-electron chi connectivity index (χ4n) is 5.58. The number of aromatic nitrogens is 1. The molecule has 2 aromatic carbocycles. The van der Waals surface area contributed by atoms with E-state index in [2.05, 4.69) is 16.8 Å². The molecule has 1 atom stereocenters. The van der Waals surface area contributed by atoms with Gasteiger partial charge in [0.1, 0.15) is 11.4 Å². The standard InChI is InChI=1S/C27H29FN4O3/c1-16(2)27(25(34)29-26(35)30-27)19-6-4-18(5-7-19)24(33)32-12-10-17(11-13-32)22-15-31(3)23-9-8-20(28)14-21(22)23/h4-9,14-17H,10-13H2,1-3H3,(H2,29,30,34,35). The molecule has 3 heterocycles. The smallest absolute Gasteiger partial charge is 0.322 e. The van der Waals surface area contributed by atoms with Gasteiger partial charge in [0, 0.05) is 42.8 Å². The Balaban J connectivity index is 1.30. The van der Waals surface area contributed by atoms with Gasteiger partial charge >= 0.3 is 6.03 Å². The first kappa shape index (κ1) is 23.1. The van der Waals surface area contributed by atoms with Crippen molar-refractivity contribution in [2.45, 2.75) is 38.1 Å². The van der Waals surface area contributed by atoms with Crippen LogP contribution in [0.3, 0.4) is 0 Å². The lowest BCUT2D eigenvalue weighted by Gasteiger charge is -2.33. The number of carbonyl (C=O) groups excluding carboxylic acids is 3. The molecule has 2 aliphatic heterocycles. The van der Waals surface area contributed by atoms with Gasteiger partial charge in [0.2, 0.25) is 0 Å². The quantitative estimate of drug-likeness (QED) is 0.558. The summed E-state index contributed by atoms with van der Waals surface area (Å²) in [5.41, 5.74) is 2.19. The zero-order valence-corrected chi connectivity index (χ0v) is 20.1.